The Hall–Kier alpha value is -2.17. The number of hydrogen-bond donors (Lipinski definition) is 1. The average Bonchev–Trinajstić information content (AvgIpc) is 2.54. The highest BCUT2D eigenvalue weighted by Crippen LogP contribution is 2.27. The Balaban J connectivity index is 2.15. The molecule has 1 atom stereocenters. The van der Waals surface area contributed by atoms with Gasteiger partial charge in [0.2, 0.25) is 0 Å². The highest BCUT2D eigenvalue weighted by Gasteiger charge is 2.22. The molecule has 0 spiro atoms. The van der Waals surface area contributed by atoms with Gasteiger partial charge in [0.15, 0.2) is 5.78 Å². The quantitative estimate of drug-likeness (QED) is 0.798. The van der Waals surface area contributed by atoms with E-state index in [4.69, 9.17) is 4.74 Å². The van der Waals surface area contributed by atoms with Crippen molar-refractivity contribution in [3.05, 3.63) is 65.7 Å². The maximum atomic E-state index is 12.4. The van der Waals surface area contributed by atoms with Crippen molar-refractivity contribution in [2.45, 2.75) is 6.10 Å². The topological polar surface area (TPSA) is 49.8 Å². The van der Waals surface area contributed by atoms with Crippen LogP contribution in [-0.2, 0) is 0 Å². The number of ketones is 1. The number of aliphatic hydroxyl groups excluding tert-OH is 1. The van der Waals surface area contributed by atoms with Crippen molar-refractivity contribution in [2.75, 3.05) is 27.2 Å². The second-order valence-corrected chi connectivity index (χ2v) is 5.32. The number of benzene rings is 2. The van der Waals surface area contributed by atoms with Crippen LogP contribution in [0.4, 0.5) is 0 Å². The van der Waals surface area contributed by atoms with Crippen molar-refractivity contribution >= 4 is 5.78 Å². The van der Waals surface area contributed by atoms with Gasteiger partial charge in [0, 0.05) is 17.7 Å². The molecular weight excluding hydrogens is 278 g/mol. The van der Waals surface area contributed by atoms with Gasteiger partial charge in [0.1, 0.15) is 18.5 Å². The van der Waals surface area contributed by atoms with Crippen LogP contribution in [0, 0.1) is 0 Å². The van der Waals surface area contributed by atoms with E-state index in [9.17, 15) is 9.90 Å². The number of rotatable bonds is 7. The van der Waals surface area contributed by atoms with Gasteiger partial charge in [-0.2, -0.15) is 0 Å². The third kappa shape index (κ3) is 4.16. The van der Waals surface area contributed by atoms with E-state index in [1.54, 1.807) is 42.5 Å². The van der Waals surface area contributed by atoms with Gasteiger partial charge >= 0.3 is 0 Å². The molecular formula is C18H21NO3. The van der Waals surface area contributed by atoms with Crippen LogP contribution >= 0.6 is 0 Å². The van der Waals surface area contributed by atoms with Crippen molar-refractivity contribution in [3.8, 4) is 5.75 Å². The highest BCUT2D eigenvalue weighted by molar-refractivity contribution is 6.00. The van der Waals surface area contributed by atoms with Crippen LogP contribution < -0.4 is 4.74 Å². The normalized spacial score (nSPS) is 12.2. The fourth-order valence-electron chi connectivity index (χ4n) is 2.08. The molecule has 0 radical (unpaired) electrons. The SMILES string of the molecule is CN(C)CCOc1ccccc1C(O)C(=O)c1ccccc1. The Labute approximate surface area is 131 Å². The Morgan fingerprint density at radius 2 is 1.73 bits per heavy atom. The molecule has 0 saturated carbocycles. The fraction of sp³-hybridized carbons (Fsp3) is 0.278. The molecule has 0 saturated heterocycles. The summed E-state index contributed by atoms with van der Waals surface area (Å²) in [5.41, 5.74) is 0.980. The first-order valence-electron chi connectivity index (χ1n) is 7.23. The third-order valence-electron chi connectivity index (χ3n) is 3.32. The van der Waals surface area contributed by atoms with Crippen LogP contribution in [0.15, 0.2) is 54.6 Å². The summed E-state index contributed by atoms with van der Waals surface area (Å²) in [7, 11) is 3.92. The summed E-state index contributed by atoms with van der Waals surface area (Å²) in [4.78, 5) is 14.4. The molecule has 0 heterocycles. The molecule has 0 aliphatic heterocycles. The number of carbonyl (C=O) groups is 1. The summed E-state index contributed by atoms with van der Waals surface area (Å²) in [6, 6.07) is 15.9. The van der Waals surface area contributed by atoms with Crippen molar-refractivity contribution in [3.63, 3.8) is 0 Å². The van der Waals surface area contributed by atoms with Crippen LogP contribution in [0.2, 0.25) is 0 Å². The van der Waals surface area contributed by atoms with E-state index in [1.807, 2.05) is 31.1 Å². The van der Waals surface area contributed by atoms with Gasteiger partial charge < -0.3 is 14.7 Å². The number of likely N-dealkylation sites (N-methyl/N-ethyl adjacent to an activating group) is 1. The predicted molar refractivity (Wildman–Crippen MR) is 86.2 cm³/mol. The summed E-state index contributed by atoms with van der Waals surface area (Å²) >= 11 is 0. The van der Waals surface area contributed by atoms with Gasteiger partial charge in [-0.15, -0.1) is 0 Å². The largest absolute Gasteiger partial charge is 0.492 e. The van der Waals surface area contributed by atoms with Crippen LogP contribution in [-0.4, -0.2) is 43.0 Å². The minimum atomic E-state index is -1.22. The molecule has 2 rings (SSSR count). The van der Waals surface area contributed by atoms with E-state index in [0.29, 0.717) is 23.5 Å². The summed E-state index contributed by atoms with van der Waals surface area (Å²) in [5, 5.41) is 10.4. The maximum Gasteiger partial charge on any atom is 0.195 e. The zero-order valence-corrected chi connectivity index (χ0v) is 12.9. The Morgan fingerprint density at radius 3 is 2.41 bits per heavy atom. The van der Waals surface area contributed by atoms with E-state index in [2.05, 4.69) is 0 Å². The lowest BCUT2D eigenvalue weighted by Gasteiger charge is -2.17. The monoisotopic (exact) mass is 299 g/mol. The van der Waals surface area contributed by atoms with Gasteiger partial charge in [0.25, 0.3) is 0 Å². The molecule has 0 bridgehead atoms. The summed E-state index contributed by atoms with van der Waals surface area (Å²) in [6.45, 7) is 1.26. The number of para-hydroxylation sites is 1. The molecule has 2 aromatic rings. The molecule has 0 fully saturated rings. The van der Waals surface area contributed by atoms with Crippen molar-refractivity contribution in [1.82, 2.24) is 4.90 Å². The number of nitrogens with zero attached hydrogens (tertiary/aromatic N) is 1. The minimum Gasteiger partial charge on any atom is -0.492 e. The lowest BCUT2D eigenvalue weighted by molar-refractivity contribution is 0.0740. The summed E-state index contributed by atoms with van der Waals surface area (Å²) in [5.74, 6) is 0.213. The second-order valence-electron chi connectivity index (χ2n) is 5.32. The number of hydrogen-bond acceptors (Lipinski definition) is 4. The van der Waals surface area contributed by atoms with E-state index >= 15 is 0 Å². The number of ether oxygens (including phenoxy) is 1. The molecule has 2 aromatic carbocycles. The van der Waals surface area contributed by atoms with Crippen molar-refractivity contribution in [2.24, 2.45) is 0 Å². The van der Waals surface area contributed by atoms with Gasteiger partial charge in [-0.05, 0) is 20.2 Å². The molecule has 0 aliphatic carbocycles. The van der Waals surface area contributed by atoms with E-state index in [0.717, 1.165) is 6.54 Å². The Morgan fingerprint density at radius 1 is 1.09 bits per heavy atom. The first-order valence-corrected chi connectivity index (χ1v) is 7.23. The molecule has 0 aliphatic rings. The number of aliphatic hydroxyl groups is 1. The zero-order valence-electron chi connectivity index (χ0n) is 12.9. The van der Waals surface area contributed by atoms with Gasteiger partial charge in [0.05, 0.1) is 0 Å². The standard InChI is InChI=1S/C18H21NO3/c1-19(2)12-13-22-16-11-7-6-10-15(16)18(21)17(20)14-8-4-3-5-9-14/h3-11,18,21H,12-13H2,1-2H3. The Bertz CT molecular complexity index is 611. The zero-order chi connectivity index (χ0) is 15.9. The first kappa shape index (κ1) is 16.2. The smallest absolute Gasteiger partial charge is 0.195 e. The van der Waals surface area contributed by atoms with E-state index < -0.39 is 6.10 Å². The van der Waals surface area contributed by atoms with Gasteiger partial charge in [-0.1, -0.05) is 48.5 Å². The summed E-state index contributed by atoms with van der Waals surface area (Å²) in [6.07, 6.45) is -1.22. The predicted octanol–water partition coefficient (Wildman–Crippen LogP) is 2.54. The van der Waals surface area contributed by atoms with Crippen molar-refractivity contribution in [1.29, 1.82) is 0 Å². The van der Waals surface area contributed by atoms with Crippen LogP contribution in [0.25, 0.3) is 0 Å². The average molecular weight is 299 g/mol. The Kier molecular flexibility index (Phi) is 5.69. The maximum absolute atomic E-state index is 12.4. The van der Waals surface area contributed by atoms with E-state index in [-0.39, 0.29) is 5.78 Å². The van der Waals surface area contributed by atoms with Crippen LogP contribution in [0.1, 0.15) is 22.0 Å². The third-order valence-corrected chi connectivity index (χ3v) is 3.32. The molecule has 22 heavy (non-hydrogen) atoms. The number of Topliss-reactive ketones (excluding diaryl/α,β-unsaturated/α-hetero) is 1. The van der Waals surface area contributed by atoms with Crippen LogP contribution in [0.5, 0.6) is 5.75 Å². The summed E-state index contributed by atoms with van der Waals surface area (Å²) < 4.78 is 5.70. The molecule has 1 unspecified atom stereocenters. The molecule has 1 N–H and O–H groups in total. The van der Waals surface area contributed by atoms with Gasteiger partial charge in [-0.3, -0.25) is 4.79 Å². The van der Waals surface area contributed by atoms with E-state index in [1.165, 1.54) is 0 Å². The number of carbonyl (C=O) groups excluding carboxylic acids is 1. The first-order chi connectivity index (χ1) is 10.6. The van der Waals surface area contributed by atoms with Crippen LogP contribution in [0.3, 0.4) is 0 Å². The highest BCUT2D eigenvalue weighted by atomic mass is 16.5. The minimum absolute atomic E-state index is 0.329. The second kappa shape index (κ2) is 7.73. The molecule has 116 valence electrons. The van der Waals surface area contributed by atoms with Gasteiger partial charge in [-0.25, -0.2) is 0 Å². The molecule has 0 amide bonds. The lowest BCUT2D eigenvalue weighted by Crippen LogP contribution is -2.20. The molecule has 4 heteroatoms. The molecule has 4 nitrogen and oxygen atoms in total. The fourth-order valence-corrected chi connectivity index (χ4v) is 2.08. The van der Waals surface area contributed by atoms with Crippen molar-refractivity contribution < 1.29 is 14.6 Å². The molecule has 0 aromatic heterocycles. The lowest BCUT2D eigenvalue weighted by atomic mass is 9.99.